The Morgan fingerprint density at radius 2 is 1.62 bits per heavy atom. The average Bonchev–Trinajstić information content (AvgIpc) is 2.82. The van der Waals surface area contributed by atoms with Gasteiger partial charge in [-0.2, -0.15) is 5.10 Å². The van der Waals surface area contributed by atoms with E-state index >= 15 is 0 Å². The smallest absolute Gasteiger partial charge is 0.271 e. The zero-order chi connectivity index (χ0) is 24.4. The van der Waals surface area contributed by atoms with Crippen molar-refractivity contribution in [1.29, 1.82) is 0 Å². The van der Waals surface area contributed by atoms with Crippen LogP contribution in [-0.2, 0) is 0 Å². The Bertz CT molecular complexity index is 1480. The maximum Gasteiger partial charge on any atom is 0.301 e. The summed E-state index contributed by atoms with van der Waals surface area (Å²) >= 11 is 0. The zero-order valence-electron chi connectivity index (χ0n) is 18.3. The highest BCUT2D eigenvalue weighted by atomic mass is 19.1. The molecule has 170 valence electrons. The van der Waals surface area contributed by atoms with Crippen molar-refractivity contribution >= 4 is 33.5 Å². The molecule has 0 fully saturated rings. The minimum Gasteiger partial charge on any atom is -0.271 e. The Hall–Kier alpha value is -4.66. The maximum atomic E-state index is 14.8. The number of rotatable bonds is 6. The molecule has 0 heterocycles. The fourth-order valence-corrected chi connectivity index (χ4v) is 3.74. The lowest BCUT2D eigenvalue weighted by Crippen LogP contribution is -2.09. The van der Waals surface area contributed by atoms with Crippen LogP contribution in [0.4, 0.5) is 21.5 Å². The molecule has 0 amide bonds. The van der Waals surface area contributed by atoms with E-state index in [4.69, 9.17) is 0 Å². The highest BCUT2D eigenvalue weighted by Gasteiger charge is 2.20. The molecule has 4 rings (SSSR count). The van der Waals surface area contributed by atoms with Gasteiger partial charge in [0.15, 0.2) is 0 Å². The highest BCUT2D eigenvalue weighted by Crippen LogP contribution is 2.31. The Labute approximate surface area is 193 Å². The molecule has 0 saturated carbocycles. The lowest BCUT2D eigenvalue weighted by atomic mass is 9.93. The summed E-state index contributed by atoms with van der Waals surface area (Å²) in [6, 6.07) is 19.5. The van der Waals surface area contributed by atoms with Gasteiger partial charge < -0.3 is 0 Å². The second kappa shape index (κ2) is 9.07. The van der Waals surface area contributed by atoms with Crippen LogP contribution >= 0.6 is 0 Å². The van der Waals surface area contributed by atoms with E-state index in [0.717, 1.165) is 17.7 Å². The van der Waals surface area contributed by atoms with E-state index < -0.39 is 21.2 Å². The molecular formula is C25H19FN4O4. The number of halogens is 1. The standard InChI is InChI=1S/C25H19FN4O4/c1-15-6-5-7-17(12-15)25(21-13-16(2)24(26)20-9-4-3-8-19(20)21)28-27-22-11-10-18(29(31)32)14-23(22)30(33)34/h3-14,27H,1-2H3. The van der Waals surface area contributed by atoms with Crippen LogP contribution < -0.4 is 5.43 Å². The van der Waals surface area contributed by atoms with E-state index in [1.165, 1.54) is 6.07 Å². The summed E-state index contributed by atoms with van der Waals surface area (Å²) < 4.78 is 14.8. The fourth-order valence-electron chi connectivity index (χ4n) is 3.74. The summed E-state index contributed by atoms with van der Waals surface area (Å²) in [6.07, 6.45) is 0. The van der Waals surface area contributed by atoms with Gasteiger partial charge in [0.05, 0.1) is 21.6 Å². The molecule has 0 aliphatic rings. The van der Waals surface area contributed by atoms with Gasteiger partial charge in [0.1, 0.15) is 11.5 Å². The predicted octanol–water partition coefficient (Wildman–Crippen LogP) is 6.28. The van der Waals surface area contributed by atoms with Crippen molar-refractivity contribution in [2.45, 2.75) is 13.8 Å². The summed E-state index contributed by atoms with van der Waals surface area (Å²) in [5.74, 6) is -0.332. The van der Waals surface area contributed by atoms with Crippen molar-refractivity contribution in [3.63, 3.8) is 0 Å². The highest BCUT2D eigenvalue weighted by molar-refractivity contribution is 6.20. The van der Waals surface area contributed by atoms with Gasteiger partial charge in [-0.3, -0.25) is 25.7 Å². The van der Waals surface area contributed by atoms with Gasteiger partial charge in [-0.25, -0.2) is 4.39 Å². The van der Waals surface area contributed by atoms with Gasteiger partial charge in [0.2, 0.25) is 0 Å². The number of benzene rings is 4. The summed E-state index contributed by atoms with van der Waals surface area (Å²) in [5.41, 5.74) is 4.99. The monoisotopic (exact) mass is 458 g/mol. The van der Waals surface area contributed by atoms with Gasteiger partial charge in [-0.05, 0) is 43.0 Å². The molecule has 1 N–H and O–H groups in total. The first-order valence-corrected chi connectivity index (χ1v) is 10.3. The number of nitrogens with one attached hydrogen (secondary N) is 1. The number of nitro benzene ring substituents is 2. The fraction of sp³-hybridized carbons (Fsp3) is 0.0800. The van der Waals surface area contributed by atoms with Crippen molar-refractivity contribution in [3.8, 4) is 0 Å². The molecule has 8 nitrogen and oxygen atoms in total. The predicted molar refractivity (Wildman–Crippen MR) is 129 cm³/mol. The molecule has 0 aliphatic heterocycles. The van der Waals surface area contributed by atoms with Gasteiger partial charge in [-0.1, -0.05) is 48.0 Å². The van der Waals surface area contributed by atoms with Crippen LogP contribution in [0.5, 0.6) is 0 Å². The second-order valence-corrected chi connectivity index (χ2v) is 7.76. The minimum atomic E-state index is -0.714. The Kier molecular flexibility index (Phi) is 6.01. The number of hydrogen-bond acceptors (Lipinski definition) is 6. The van der Waals surface area contributed by atoms with Crippen molar-refractivity contribution < 1.29 is 14.2 Å². The third-order valence-electron chi connectivity index (χ3n) is 5.38. The van der Waals surface area contributed by atoms with Crippen LogP contribution in [0.3, 0.4) is 0 Å². The first-order chi connectivity index (χ1) is 16.3. The Morgan fingerprint density at radius 1 is 0.882 bits per heavy atom. The molecule has 0 bridgehead atoms. The lowest BCUT2D eigenvalue weighted by molar-refractivity contribution is -0.393. The number of nitrogens with zero attached hydrogens (tertiary/aromatic N) is 3. The van der Waals surface area contributed by atoms with Crippen LogP contribution in [-0.4, -0.2) is 15.6 Å². The zero-order valence-corrected chi connectivity index (χ0v) is 18.3. The SMILES string of the molecule is Cc1cccc(C(=NNc2ccc([N+](=O)[O-])cc2[N+](=O)[O-])c2cc(C)c(F)c3ccccc23)c1. The molecule has 4 aromatic carbocycles. The maximum absolute atomic E-state index is 14.8. The van der Waals surface area contributed by atoms with Crippen molar-refractivity contribution in [2.75, 3.05) is 5.43 Å². The van der Waals surface area contributed by atoms with Crippen molar-refractivity contribution in [3.05, 3.63) is 121 Å². The van der Waals surface area contributed by atoms with Crippen LogP contribution in [0.2, 0.25) is 0 Å². The normalized spacial score (nSPS) is 11.4. The molecule has 0 spiro atoms. The Morgan fingerprint density at radius 3 is 2.29 bits per heavy atom. The molecule has 4 aromatic rings. The number of non-ortho nitro benzene ring substituents is 1. The topological polar surface area (TPSA) is 111 Å². The quantitative estimate of drug-likeness (QED) is 0.208. The number of anilines is 1. The van der Waals surface area contributed by atoms with E-state index in [-0.39, 0.29) is 11.5 Å². The van der Waals surface area contributed by atoms with Crippen LogP contribution in [0, 0.1) is 39.9 Å². The van der Waals surface area contributed by atoms with E-state index in [1.807, 2.05) is 31.2 Å². The van der Waals surface area contributed by atoms with Gasteiger partial charge in [-0.15, -0.1) is 0 Å². The van der Waals surface area contributed by atoms with E-state index in [1.54, 1.807) is 37.3 Å². The van der Waals surface area contributed by atoms with Crippen LogP contribution in [0.15, 0.2) is 77.9 Å². The lowest BCUT2D eigenvalue weighted by Gasteiger charge is -2.14. The minimum absolute atomic E-state index is 0.0103. The largest absolute Gasteiger partial charge is 0.301 e. The molecule has 0 aromatic heterocycles. The Balaban J connectivity index is 1.92. The number of nitro groups is 2. The first kappa shape index (κ1) is 22.5. The molecule has 0 aliphatic carbocycles. The number of aryl methyl sites for hydroxylation is 2. The van der Waals surface area contributed by atoms with Crippen molar-refractivity contribution in [1.82, 2.24) is 0 Å². The van der Waals surface area contributed by atoms with E-state index in [9.17, 15) is 24.6 Å². The molecule has 0 radical (unpaired) electrons. The van der Waals surface area contributed by atoms with Gasteiger partial charge >= 0.3 is 5.69 Å². The summed E-state index contributed by atoms with van der Waals surface area (Å²) in [6.45, 7) is 3.58. The van der Waals surface area contributed by atoms with E-state index in [0.29, 0.717) is 33.2 Å². The number of hydrogen-bond donors (Lipinski definition) is 1. The van der Waals surface area contributed by atoms with Crippen LogP contribution in [0.1, 0.15) is 22.3 Å². The number of hydrazone groups is 1. The van der Waals surface area contributed by atoms with E-state index in [2.05, 4.69) is 10.5 Å². The van der Waals surface area contributed by atoms with Crippen molar-refractivity contribution in [2.24, 2.45) is 5.10 Å². The first-order valence-electron chi connectivity index (χ1n) is 10.3. The molecule has 9 heteroatoms. The van der Waals surface area contributed by atoms with Crippen LogP contribution in [0.25, 0.3) is 10.8 Å². The number of fused-ring (bicyclic) bond motifs is 1. The molecule has 0 saturated heterocycles. The molecule has 0 unspecified atom stereocenters. The average molecular weight is 458 g/mol. The van der Waals surface area contributed by atoms with Gasteiger partial charge in [0.25, 0.3) is 5.69 Å². The second-order valence-electron chi connectivity index (χ2n) is 7.76. The van der Waals surface area contributed by atoms with Gasteiger partial charge in [0, 0.05) is 22.6 Å². The summed E-state index contributed by atoms with van der Waals surface area (Å²) in [4.78, 5) is 21.2. The molecule has 0 atom stereocenters. The summed E-state index contributed by atoms with van der Waals surface area (Å²) in [7, 11) is 0. The molecule has 34 heavy (non-hydrogen) atoms. The third-order valence-corrected chi connectivity index (χ3v) is 5.38. The summed E-state index contributed by atoms with van der Waals surface area (Å²) in [5, 5.41) is 28.1. The molecular weight excluding hydrogens is 439 g/mol. The third kappa shape index (κ3) is 4.31.